The molecule has 0 radical (unpaired) electrons. The van der Waals surface area contributed by atoms with Crippen LogP contribution in [0.4, 0.5) is 0 Å². The molecule has 0 spiro atoms. The Hall–Kier alpha value is -3.15. The first-order chi connectivity index (χ1) is 17.6. The van der Waals surface area contributed by atoms with Crippen LogP contribution in [-0.2, 0) is 4.79 Å². The van der Waals surface area contributed by atoms with Crippen molar-refractivity contribution in [3.05, 3.63) is 59.7 Å². The van der Waals surface area contributed by atoms with Gasteiger partial charge in [-0.1, -0.05) is 89.3 Å². The van der Waals surface area contributed by atoms with Gasteiger partial charge in [0, 0.05) is 6.42 Å². The molecule has 1 N–H and O–H groups in total. The van der Waals surface area contributed by atoms with Crippen molar-refractivity contribution in [1.29, 1.82) is 0 Å². The maximum Gasteiger partial charge on any atom is 0.343 e. The second-order valence-corrected chi connectivity index (χ2v) is 8.97. The lowest BCUT2D eigenvalue weighted by Gasteiger charge is -2.11. The van der Waals surface area contributed by atoms with Gasteiger partial charge in [0.15, 0.2) is 11.5 Å². The molecular formula is C30H42N2O4. The average molecular weight is 495 g/mol. The molecule has 0 atom stereocenters. The molecular weight excluding hydrogens is 452 g/mol. The highest BCUT2D eigenvalue weighted by molar-refractivity contribution is 5.91. The molecule has 0 heterocycles. The normalized spacial score (nSPS) is 10.9. The Morgan fingerprint density at radius 3 is 2.08 bits per heavy atom. The Bertz CT molecular complexity index is 928. The second-order valence-electron chi connectivity index (χ2n) is 8.97. The summed E-state index contributed by atoms with van der Waals surface area (Å²) < 4.78 is 11.1. The van der Waals surface area contributed by atoms with Crippen LogP contribution >= 0.6 is 0 Å². The number of amides is 1. The lowest BCUT2D eigenvalue weighted by molar-refractivity contribution is -0.121. The molecule has 0 aliphatic heterocycles. The lowest BCUT2D eigenvalue weighted by atomic mass is 10.1. The van der Waals surface area contributed by atoms with Crippen LogP contribution in [0.15, 0.2) is 53.6 Å². The van der Waals surface area contributed by atoms with E-state index in [2.05, 4.69) is 17.5 Å². The van der Waals surface area contributed by atoms with Gasteiger partial charge < -0.3 is 9.47 Å². The van der Waals surface area contributed by atoms with Gasteiger partial charge in [0.2, 0.25) is 5.91 Å². The van der Waals surface area contributed by atoms with Gasteiger partial charge >= 0.3 is 5.97 Å². The second kappa shape index (κ2) is 18.2. The van der Waals surface area contributed by atoms with Crippen molar-refractivity contribution in [1.82, 2.24) is 5.43 Å². The van der Waals surface area contributed by atoms with Gasteiger partial charge in [0.05, 0.1) is 18.4 Å². The van der Waals surface area contributed by atoms with Crippen LogP contribution < -0.4 is 14.9 Å². The third kappa shape index (κ3) is 12.0. The number of benzene rings is 2. The predicted molar refractivity (Wildman–Crippen MR) is 146 cm³/mol. The quantitative estimate of drug-likeness (QED) is 0.0767. The minimum Gasteiger partial charge on any atom is -0.490 e. The molecule has 0 saturated carbocycles. The van der Waals surface area contributed by atoms with Crippen LogP contribution in [0.5, 0.6) is 11.5 Å². The van der Waals surface area contributed by atoms with Crippen LogP contribution in [0.25, 0.3) is 0 Å². The zero-order valence-electron chi connectivity index (χ0n) is 22.0. The lowest BCUT2D eigenvalue weighted by Crippen LogP contribution is -2.16. The molecule has 196 valence electrons. The van der Waals surface area contributed by atoms with E-state index in [1.54, 1.807) is 48.7 Å². The van der Waals surface area contributed by atoms with E-state index >= 15 is 0 Å². The Morgan fingerprint density at radius 2 is 1.44 bits per heavy atom. The minimum atomic E-state index is -0.451. The van der Waals surface area contributed by atoms with Crippen LogP contribution in [0, 0.1) is 0 Å². The summed E-state index contributed by atoms with van der Waals surface area (Å²) in [5, 5.41) is 4.06. The van der Waals surface area contributed by atoms with Gasteiger partial charge in [-0.3, -0.25) is 4.79 Å². The average Bonchev–Trinajstić information content (AvgIpc) is 2.89. The fourth-order valence-corrected chi connectivity index (χ4v) is 3.88. The van der Waals surface area contributed by atoms with Gasteiger partial charge in [-0.05, 0) is 49.2 Å². The monoisotopic (exact) mass is 494 g/mol. The number of carbonyl (C=O) groups is 2. The predicted octanol–water partition coefficient (Wildman–Crippen LogP) is 7.46. The maximum absolute atomic E-state index is 12.4. The number of hydrazone groups is 1. The highest BCUT2D eigenvalue weighted by Gasteiger charge is 2.13. The first-order valence-electron chi connectivity index (χ1n) is 13.5. The van der Waals surface area contributed by atoms with Crippen LogP contribution in [0.3, 0.4) is 0 Å². The number of carbonyl (C=O) groups excluding carboxylic acids is 2. The van der Waals surface area contributed by atoms with E-state index in [-0.39, 0.29) is 5.91 Å². The van der Waals surface area contributed by atoms with Crippen molar-refractivity contribution in [2.75, 3.05) is 6.61 Å². The Morgan fingerprint density at radius 1 is 0.806 bits per heavy atom. The zero-order valence-corrected chi connectivity index (χ0v) is 22.0. The van der Waals surface area contributed by atoms with Crippen LogP contribution in [0.2, 0.25) is 0 Å². The third-order valence-corrected chi connectivity index (χ3v) is 5.89. The molecule has 0 aliphatic carbocycles. The van der Waals surface area contributed by atoms with Crippen molar-refractivity contribution in [2.45, 2.75) is 90.9 Å². The standard InChI is InChI=1S/C30H42N2O4/c1-3-5-6-7-8-9-10-11-12-13-17-20-29(33)32-31-24-25-21-22-27(28(23-25)35-4-2)36-30(34)26-18-15-14-16-19-26/h14-16,18-19,21-24H,3-13,17,20H2,1-2H3,(H,32,33). The first-order valence-corrected chi connectivity index (χ1v) is 13.5. The van der Waals surface area contributed by atoms with Gasteiger partial charge in [-0.25, -0.2) is 10.2 Å². The fraction of sp³-hybridized carbons (Fsp3) is 0.500. The summed E-state index contributed by atoms with van der Waals surface area (Å²) in [7, 11) is 0. The molecule has 36 heavy (non-hydrogen) atoms. The summed E-state index contributed by atoms with van der Waals surface area (Å²) in [6, 6.07) is 14.0. The van der Waals surface area contributed by atoms with E-state index in [1.165, 1.54) is 57.8 Å². The van der Waals surface area contributed by atoms with Crippen molar-refractivity contribution >= 4 is 18.1 Å². The topological polar surface area (TPSA) is 77.0 Å². The number of nitrogens with one attached hydrogen (secondary N) is 1. The maximum atomic E-state index is 12.4. The SMILES string of the molecule is CCCCCCCCCCCCCC(=O)NN=Cc1ccc(OC(=O)c2ccccc2)c(OCC)c1. The van der Waals surface area contributed by atoms with E-state index in [1.807, 2.05) is 13.0 Å². The molecule has 2 aromatic rings. The third-order valence-electron chi connectivity index (χ3n) is 5.89. The number of ether oxygens (including phenoxy) is 2. The number of unbranched alkanes of at least 4 members (excludes halogenated alkanes) is 10. The summed E-state index contributed by atoms with van der Waals surface area (Å²) >= 11 is 0. The molecule has 0 fully saturated rings. The number of esters is 1. The molecule has 2 rings (SSSR count). The Kier molecular flexibility index (Phi) is 14.7. The van der Waals surface area contributed by atoms with E-state index in [9.17, 15) is 9.59 Å². The number of nitrogens with zero attached hydrogens (tertiary/aromatic N) is 1. The van der Waals surface area contributed by atoms with Crippen molar-refractivity contribution in [3.8, 4) is 11.5 Å². The van der Waals surface area contributed by atoms with Crippen molar-refractivity contribution in [3.63, 3.8) is 0 Å². The Balaban J connectivity index is 1.68. The summed E-state index contributed by atoms with van der Waals surface area (Å²) in [6.07, 6.45) is 15.8. The van der Waals surface area contributed by atoms with E-state index in [4.69, 9.17) is 9.47 Å². The van der Waals surface area contributed by atoms with E-state index < -0.39 is 5.97 Å². The summed E-state index contributed by atoms with van der Waals surface area (Å²) in [6.45, 7) is 4.53. The van der Waals surface area contributed by atoms with Crippen LogP contribution in [0.1, 0.15) is 107 Å². The van der Waals surface area contributed by atoms with Crippen molar-refractivity contribution < 1.29 is 19.1 Å². The molecule has 6 heteroatoms. The Labute approximate surface area is 216 Å². The molecule has 0 aliphatic rings. The zero-order chi connectivity index (χ0) is 25.8. The van der Waals surface area contributed by atoms with E-state index in [0.717, 1.165) is 18.4 Å². The highest BCUT2D eigenvalue weighted by atomic mass is 16.6. The fourth-order valence-electron chi connectivity index (χ4n) is 3.88. The number of rotatable bonds is 18. The molecule has 6 nitrogen and oxygen atoms in total. The highest BCUT2D eigenvalue weighted by Crippen LogP contribution is 2.29. The molecule has 1 amide bonds. The molecule has 2 aromatic carbocycles. The van der Waals surface area contributed by atoms with Gasteiger partial charge in [0.1, 0.15) is 0 Å². The number of hydrogen-bond acceptors (Lipinski definition) is 5. The largest absolute Gasteiger partial charge is 0.490 e. The molecule has 0 unspecified atom stereocenters. The summed E-state index contributed by atoms with van der Waals surface area (Å²) in [5.41, 5.74) is 3.78. The molecule has 0 bridgehead atoms. The van der Waals surface area contributed by atoms with Crippen LogP contribution in [-0.4, -0.2) is 24.7 Å². The van der Waals surface area contributed by atoms with E-state index in [0.29, 0.717) is 30.1 Å². The van der Waals surface area contributed by atoms with Gasteiger partial charge in [0.25, 0.3) is 0 Å². The van der Waals surface area contributed by atoms with Crippen molar-refractivity contribution in [2.24, 2.45) is 5.10 Å². The molecule has 0 aromatic heterocycles. The summed E-state index contributed by atoms with van der Waals surface area (Å²) in [4.78, 5) is 24.4. The van der Waals surface area contributed by atoms with Gasteiger partial charge in [-0.15, -0.1) is 0 Å². The van der Waals surface area contributed by atoms with Gasteiger partial charge in [-0.2, -0.15) is 5.10 Å². The summed E-state index contributed by atoms with van der Waals surface area (Å²) in [5.74, 6) is 0.245. The molecule has 0 saturated heterocycles. The number of hydrogen-bond donors (Lipinski definition) is 1. The minimum absolute atomic E-state index is 0.0828. The smallest absolute Gasteiger partial charge is 0.343 e. The first kappa shape index (κ1) is 29.1.